The first-order valence-electron chi connectivity index (χ1n) is 10.0. The van der Waals surface area contributed by atoms with Gasteiger partial charge in [0, 0.05) is 54.9 Å². The second-order valence-electron chi connectivity index (χ2n) is 7.59. The molecule has 0 unspecified atom stereocenters. The van der Waals surface area contributed by atoms with Crippen molar-refractivity contribution in [3.05, 3.63) is 88.2 Å². The number of pyridine rings is 1. The maximum atomic E-state index is 14.3. The highest BCUT2D eigenvalue weighted by Crippen LogP contribution is 2.37. The van der Waals surface area contributed by atoms with Gasteiger partial charge in [-0.25, -0.2) is 17.2 Å². The summed E-state index contributed by atoms with van der Waals surface area (Å²) < 4.78 is 60.1. The lowest BCUT2D eigenvalue weighted by molar-refractivity contribution is -0.116. The number of carbonyl (C=O) groups excluding carboxylic acids is 1. The number of anilines is 1. The molecule has 0 saturated heterocycles. The van der Waals surface area contributed by atoms with E-state index in [4.69, 9.17) is 4.74 Å². The number of rotatable bonds is 8. The van der Waals surface area contributed by atoms with Crippen molar-refractivity contribution in [3.63, 3.8) is 0 Å². The van der Waals surface area contributed by atoms with Crippen molar-refractivity contribution in [3.8, 4) is 22.6 Å². The summed E-state index contributed by atoms with van der Waals surface area (Å²) in [6.45, 7) is 4.67. The van der Waals surface area contributed by atoms with E-state index in [-0.39, 0.29) is 40.5 Å². The fourth-order valence-corrected chi connectivity index (χ4v) is 3.92. The minimum Gasteiger partial charge on any atom is -0.454 e. The first kappa shape index (κ1) is 24.8. The normalized spacial score (nSPS) is 11.2. The van der Waals surface area contributed by atoms with Crippen LogP contribution in [0.1, 0.15) is 12.5 Å². The van der Waals surface area contributed by atoms with E-state index in [1.807, 2.05) is 0 Å². The standard InChI is InChI=1S/C24H22F2N2O5S/c1-5-34(31,32)28(4)19-7-9-22(33-23-8-6-18(25)12-21(23)26)20(13-19)17-11-16(10-15(2)29)24(30)27(3)14-17/h5-9,11-14H,1,10H2,2-4H3. The van der Waals surface area contributed by atoms with Gasteiger partial charge in [-0.1, -0.05) is 6.58 Å². The average Bonchev–Trinajstić information content (AvgIpc) is 2.78. The van der Waals surface area contributed by atoms with Crippen LogP contribution in [0.15, 0.2) is 65.4 Å². The summed E-state index contributed by atoms with van der Waals surface area (Å²) in [6.07, 6.45) is 1.38. The Bertz CT molecular complexity index is 1450. The van der Waals surface area contributed by atoms with Crippen LogP contribution >= 0.6 is 0 Å². The Morgan fingerprint density at radius 2 is 1.82 bits per heavy atom. The number of aromatic nitrogens is 1. The van der Waals surface area contributed by atoms with E-state index in [1.54, 1.807) is 0 Å². The van der Waals surface area contributed by atoms with Crippen LogP contribution in [0.5, 0.6) is 11.5 Å². The van der Waals surface area contributed by atoms with E-state index in [0.717, 1.165) is 21.8 Å². The third-order valence-corrected chi connectivity index (χ3v) is 6.44. The molecule has 3 rings (SSSR count). The largest absolute Gasteiger partial charge is 0.454 e. The first-order chi connectivity index (χ1) is 15.9. The molecular weight excluding hydrogens is 466 g/mol. The molecule has 0 aliphatic heterocycles. The molecule has 2 aromatic carbocycles. The van der Waals surface area contributed by atoms with Crippen molar-refractivity contribution in [2.45, 2.75) is 13.3 Å². The number of sulfonamides is 1. The summed E-state index contributed by atoms with van der Waals surface area (Å²) >= 11 is 0. The second kappa shape index (κ2) is 9.60. The number of hydrogen-bond acceptors (Lipinski definition) is 5. The molecule has 0 aliphatic rings. The number of carbonyl (C=O) groups is 1. The van der Waals surface area contributed by atoms with Gasteiger partial charge in [-0.05, 0) is 43.3 Å². The minimum atomic E-state index is -3.82. The molecule has 10 heteroatoms. The molecule has 0 spiro atoms. The van der Waals surface area contributed by atoms with Crippen molar-refractivity contribution in [1.82, 2.24) is 4.57 Å². The van der Waals surface area contributed by atoms with Gasteiger partial charge in [0.15, 0.2) is 11.6 Å². The van der Waals surface area contributed by atoms with Crippen LogP contribution in [0, 0.1) is 11.6 Å². The van der Waals surface area contributed by atoms with Crippen molar-refractivity contribution >= 4 is 21.5 Å². The molecule has 34 heavy (non-hydrogen) atoms. The molecule has 0 N–H and O–H groups in total. The molecule has 3 aromatic rings. The maximum Gasteiger partial charge on any atom is 0.256 e. The number of hydrogen-bond donors (Lipinski definition) is 0. The fraction of sp³-hybridized carbons (Fsp3) is 0.167. The zero-order valence-electron chi connectivity index (χ0n) is 18.7. The third-order valence-electron chi connectivity index (χ3n) is 5.04. The van der Waals surface area contributed by atoms with Crippen LogP contribution in [0.3, 0.4) is 0 Å². The SMILES string of the molecule is C=CS(=O)(=O)N(C)c1ccc(Oc2ccc(F)cc2F)c(-c2cc(CC(C)=O)c(=O)n(C)c2)c1. The average molecular weight is 489 g/mol. The highest BCUT2D eigenvalue weighted by Gasteiger charge is 2.19. The third kappa shape index (κ3) is 5.23. The maximum absolute atomic E-state index is 14.3. The molecule has 0 amide bonds. The van der Waals surface area contributed by atoms with Crippen LogP contribution in [0.4, 0.5) is 14.5 Å². The molecule has 178 valence electrons. The zero-order chi connectivity index (χ0) is 25.2. The Kier molecular flexibility index (Phi) is 7.01. The van der Waals surface area contributed by atoms with Crippen LogP contribution in [0.25, 0.3) is 11.1 Å². The predicted octanol–water partition coefficient (Wildman–Crippen LogP) is 4.16. The number of Topliss-reactive ketones (excluding diaryl/α,β-unsaturated/α-hetero) is 1. The van der Waals surface area contributed by atoms with Gasteiger partial charge in [0.1, 0.15) is 17.3 Å². The fourth-order valence-electron chi connectivity index (χ4n) is 3.29. The smallest absolute Gasteiger partial charge is 0.256 e. The van der Waals surface area contributed by atoms with Crippen LogP contribution in [0.2, 0.25) is 0 Å². The second-order valence-corrected chi connectivity index (χ2v) is 9.50. The molecule has 0 radical (unpaired) electrons. The van der Waals surface area contributed by atoms with E-state index in [2.05, 4.69) is 6.58 Å². The summed E-state index contributed by atoms with van der Waals surface area (Å²) in [4.78, 5) is 24.1. The molecule has 7 nitrogen and oxygen atoms in total. The summed E-state index contributed by atoms with van der Waals surface area (Å²) in [5.74, 6) is -2.06. The highest BCUT2D eigenvalue weighted by atomic mass is 32.2. The Morgan fingerprint density at radius 3 is 2.44 bits per heavy atom. The van der Waals surface area contributed by atoms with Gasteiger partial charge in [-0.15, -0.1) is 0 Å². The minimum absolute atomic E-state index is 0.103. The van der Waals surface area contributed by atoms with Crippen molar-refractivity contribution < 1.29 is 26.7 Å². The molecule has 0 aliphatic carbocycles. The van der Waals surface area contributed by atoms with Crippen molar-refractivity contribution in [1.29, 1.82) is 0 Å². The Hall–Kier alpha value is -3.79. The molecule has 0 saturated carbocycles. The van der Waals surface area contributed by atoms with E-state index >= 15 is 0 Å². The summed E-state index contributed by atoms with van der Waals surface area (Å²) in [7, 11) is -0.978. The number of ether oxygens (including phenoxy) is 1. The Morgan fingerprint density at radius 1 is 1.15 bits per heavy atom. The van der Waals surface area contributed by atoms with Gasteiger partial charge < -0.3 is 9.30 Å². The molecule has 0 bridgehead atoms. The van der Waals surface area contributed by atoms with E-state index in [0.29, 0.717) is 17.2 Å². The van der Waals surface area contributed by atoms with Gasteiger partial charge in [0.25, 0.3) is 15.6 Å². The number of benzene rings is 2. The molecule has 1 aromatic heterocycles. The number of ketones is 1. The van der Waals surface area contributed by atoms with Crippen LogP contribution in [-0.2, 0) is 28.3 Å². The van der Waals surface area contributed by atoms with Gasteiger partial charge >= 0.3 is 0 Å². The molecule has 1 heterocycles. The molecule has 0 fully saturated rings. The Balaban J connectivity index is 2.24. The summed E-state index contributed by atoms with van der Waals surface area (Å²) in [5, 5.41) is 0.794. The van der Waals surface area contributed by atoms with Gasteiger partial charge in [0.05, 0.1) is 5.69 Å². The van der Waals surface area contributed by atoms with E-state index in [1.165, 1.54) is 56.0 Å². The first-order valence-corrected chi connectivity index (χ1v) is 11.5. The lowest BCUT2D eigenvalue weighted by atomic mass is 10.0. The topological polar surface area (TPSA) is 85.7 Å². The van der Waals surface area contributed by atoms with Crippen molar-refractivity contribution in [2.75, 3.05) is 11.4 Å². The van der Waals surface area contributed by atoms with E-state index < -0.39 is 21.7 Å². The van der Waals surface area contributed by atoms with Crippen molar-refractivity contribution in [2.24, 2.45) is 7.05 Å². The van der Waals surface area contributed by atoms with Crippen LogP contribution in [-0.4, -0.2) is 25.8 Å². The molecule has 0 atom stereocenters. The van der Waals surface area contributed by atoms with E-state index in [9.17, 15) is 26.8 Å². The van der Waals surface area contributed by atoms with Crippen LogP contribution < -0.4 is 14.6 Å². The quantitative estimate of drug-likeness (QED) is 0.475. The lowest BCUT2D eigenvalue weighted by Gasteiger charge is -2.20. The van der Waals surface area contributed by atoms with Gasteiger partial charge in [-0.2, -0.15) is 0 Å². The molecular formula is C24H22F2N2O5S. The highest BCUT2D eigenvalue weighted by molar-refractivity contribution is 7.95. The zero-order valence-corrected chi connectivity index (χ0v) is 19.5. The summed E-state index contributed by atoms with van der Waals surface area (Å²) in [6, 6.07) is 8.68. The van der Waals surface area contributed by atoms with Gasteiger partial charge in [0.2, 0.25) is 0 Å². The lowest BCUT2D eigenvalue weighted by Crippen LogP contribution is -2.24. The number of halogens is 2. The number of aryl methyl sites for hydroxylation is 1. The summed E-state index contributed by atoms with van der Waals surface area (Å²) in [5.41, 5.74) is 0.830. The predicted molar refractivity (Wildman–Crippen MR) is 125 cm³/mol. The Labute approximate surface area is 195 Å². The van der Waals surface area contributed by atoms with Gasteiger partial charge in [-0.3, -0.25) is 13.9 Å². The monoisotopic (exact) mass is 488 g/mol. The number of nitrogens with zero attached hydrogens (tertiary/aromatic N) is 2.